The van der Waals surface area contributed by atoms with E-state index in [4.69, 9.17) is 4.74 Å². The lowest BCUT2D eigenvalue weighted by molar-refractivity contribution is -0.154. The van der Waals surface area contributed by atoms with Gasteiger partial charge in [0, 0.05) is 25.4 Å². The summed E-state index contributed by atoms with van der Waals surface area (Å²) in [4.78, 5) is 31.1. The van der Waals surface area contributed by atoms with Crippen molar-refractivity contribution < 1.29 is 14.3 Å². The van der Waals surface area contributed by atoms with Crippen LogP contribution in [0.4, 0.5) is 0 Å². The molecular formula is C17H22N2O3S2. The van der Waals surface area contributed by atoms with E-state index in [1.54, 1.807) is 28.7 Å². The third-order valence-electron chi connectivity index (χ3n) is 3.10. The van der Waals surface area contributed by atoms with Crippen molar-refractivity contribution in [3.05, 3.63) is 28.6 Å². The predicted molar refractivity (Wildman–Crippen MR) is 97.5 cm³/mol. The maximum atomic E-state index is 12.4. The quantitative estimate of drug-likeness (QED) is 0.723. The van der Waals surface area contributed by atoms with Gasteiger partial charge < -0.3 is 9.64 Å². The molecule has 2 heterocycles. The summed E-state index contributed by atoms with van der Waals surface area (Å²) in [6.45, 7) is 6.01. The Bertz CT molecular complexity index is 687. The molecule has 0 radical (unpaired) electrons. The summed E-state index contributed by atoms with van der Waals surface area (Å²) in [5.74, 6) is -0.366. The van der Waals surface area contributed by atoms with Gasteiger partial charge >= 0.3 is 5.97 Å². The number of ether oxygens (including phenoxy) is 1. The minimum atomic E-state index is -0.475. The van der Waals surface area contributed by atoms with Crippen LogP contribution in [0.15, 0.2) is 22.9 Å². The van der Waals surface area contributed by atoms with Crippen molar-refractivity contribution in [2.24, 2.45) is 0 Å². The molecule has 0 bridgehead atoms. The van der Waals surface area contributed by atoms with Crippen LogP contribution in [-0.2, 0) is 9.53 Å². The molecule has 5 nitrogen and oxygen atoms in total. The van der Waals surface area contributed by atoms with Crippen LogP contribution in [0.1, 0.15) is 44.1 Å². The van der Waals surface area contributed by atoms with E-state index < -0.39 is 5.60 Å². The zero-order chi connectivity index (χ0) is 17.7. The van der Waals surface area contributed by atoms with Crippen LogP contribution in [0.3, 0.4) is 0 Å². The highest BCUT2D eigenvalue weighted by molar-refractivity contribution is 7.20. The van der Waals surface area contributed by atoms with Crippen molar-refractivity contribution in [1.29, 1.82) is 0 Å². The number of rotatable bonds is 6. The number of thiazole rings is 1. The molecular weight excluding hydrogens is 344 g/mol. The zero-order valence-electron chi connectivity index (χ0n) is 14.4. The minimum absolute atomic E-state index is 0.127. The van der Waals surface area contributed by atoms with Gasteiger partial charge in [0.25, 0.3) is 5.91 Å². The average molecular weight is 367 g/mol. The van der Waals surface area contributed by atoms with Gasteiger partial charge in [-0.25, -0.2) is 4.98 Å². The Morgan fingerprint density at radius 3 is 2.67 bits per heavy atom. The summed E-state index contributed by atoms with van der Waals surface area (Å²) in [6, 6.07) is 3.95. The van der Waals surface area contributed by atoms with Gasteiger partial charge in [-0.1, -0.05) is 6.07 Å². The van der Waals surface area contributed by atoms with E-state index in [1.165, 1.54) is 11.3 Å². The standard InChI is InChI=1S/C17H22N2O3S2/c1-17(2,3)22-14(20)8-5-9-19(4)16(21)12-11-24-15(18-12)13-7-6-10-23-13/h6-7,10-11H,5,8-9H2,1-4H3. The number of aromatic nitrogens is 1. The first-order valence-corrected chi connectivity index (χ1v) is 9.49. The third kappa shape index (κ3) is 5.42. The molecule has 1 amide bonds. The summed E-state index contributed by atoms with van der Waals surface area (Å²) in [5.41, 5.74) is -0.0272. The number of hydrogen-bond donors (Lipinski definition) is 0. The number of nitrogens with zero attached hydrogens (tertiary/aromatic N) is 2. The van der Waals surface area contributed by atoms with Crippen molar-refractivity contribution >= 4 is 34.6 Å². The average Bonchev–Trinajstić information content (AvgIpc) is 3.15. The van der Waals surface area contributed by atoms with Gasteiger partial charge in [0.05, 0.1) is 4.88 Å². The first-order chi connectivity index (χ1) is 11.3. The van der Waals surface area contributed by atoms with E-state index in [0.717, 1.165) is 9.88 Å². The lowest BCUT2D eigenvalue weighted by Gasteiger charge is -2.20. The zero-order valence-corrected chi connectivity index (χ0v) is 16.0. The van der Waals surface area contributed by atoms with E-state index in [9.17, 15) is 9.59 Å². The molecule has 130 valence electrons. The van der Waals surface area contributed by atoms with Crippen LogP contribution in [0.5, 0.6) is 0 Å². The number of carbonyl (C=O) groups excluding carboxylic acids is 2. The Morgan fingerprint density at radius 1 is 1.29 bits per heavy atom. The molecule has 0 aliphatic heterocycles. The molecule has 0 aliphatic rings. The molecule has 0 unspecified atom stereocenters. The second-order valence-electron chi connectivity index (χ2n) is 6.43. The maximum Gasteiger partial charge on any atom is 0.306 e. The van der Waals surface area contributed by atoms with Crippen molar-refractivity contribution in [3.8, 4) is 9.88 Å². The fourth-order valence-corrected chi connectivity index (χ4v) is 3.64. The molecule has 0 saturated carbocycles. The maximum absolute atomic E-state index is 12.4. The van der Waals surface area contributed by atoms with Crippen molar-refractivity contribution in [1.82, 2.24) is 9.88 Å². The van der Waals surface area contributed by atoms with Crippen LogP contribution in [0.25, 0.3) is 9.88 Å². The van der Waals surface area contributed by atoms with E-state index in [1.807, 2.05) is 38.3 Å². The molecule has 7 heteroatoms. The first-order valence-electron chi connectivity index (χ1n) is 7.73. The van der Waals surface area contributed by atoms with Crippen LogP contribution in [0.2, 0.25) is 0 Å². The second kappa shape index (κ2) is 7.90. The summed E-state index contributed by atoms with van der Waals surface area (Å²) in [6.07, 6.45) is 0.867. The fraction of sp³-hybridized carbons (Fsp3) is 0.471. The van der Waals surface area contributed by atoms with Crippen molar-refractivity contribution in [3.63, 3.8) is 0 Å². The van der Waals surface area contributed by atoms with Gasteiger partial charge in [0.2, 0.25) is 0 Å². The number of carbonyl (C=O) groups is 2. The fourth-order valence-electron chi connectivity index (χ4n) is 2.04. The highest BCUT2D eigenvalue weighted by Crippen LogP contribution is 2.28. The summed E-state index contributed by atoms with van der Waals surface area (Å²) in [5, 5.41) is 4.62. The monoisotopic (exact) mass is 366 g/mol. The van der Waals surface area contributed by atoms with Crippen molar-refractivity contribution in [2.75, 3.05) is 13.6 Å². The Balaban J connectivity index is 1.83. The lowest BCUT2D eigenvalue weighted by Crippen LogP contribution is -2.29. The van der Waals surface area contributed by atoms with E-state index in [2.05, 4.69) is 4.98 Å². The van der Waals surface area contributed by atoms with E-state index in [-0.39, 0.29) is 11.9 Å². The summed E-state index contributed by atoms with van der Waals surface area (Å²) in [7, 11) is 1.72. The van der Waals surface area contributed by atoms with Crippen LogP contribution in [0, 0.1) is 0 Å². The number of thiophene rings is 1. The van der Waals surface area contributed by atoms with Gasteiger partial charge in [-0.15, -0.1) is 22.7 Å². The van der Waals surface area contributed by atoms with E-state index >= 15 is 0 Å². The molecule has 2 aromatic heterocycles. The first kappa shape index (κ1) is 18.6. The van der Waals surface area contributed by atoms with Gasteiger partial charge in [-0.2, -0.15) is 0 Å². The second-order valence-corrected chi connectivity index (χ2v) is 8.24. The molecule has 0 N–H and O–H groups in total. The number of esters is 1. The number of hydrogen-bond acceptors (Lipinski definition) is 6. The molecule has 0 spiro atoms. The highest BCUT2D eigenvalue weighted by Gasteiger charge is 2.18. The normalized spacial score (nSPS) is 11.3. The molecule has 0 aromatic carbocycles. The molecule has 2 rings (SSSR count). The molecule has 24 heavy (non-hydrogen) atoms. The summed E-state index contributed by atoms with van der Waals surface area (Å²) >= 11 is 3.07. The van der Waals surface area contributed by atoms with Gasteiger partial charge in [0.15, 0.2) is 0 Å². The van der Waals surface area contributed by atoms with Gasteiger partial charge in [0.1, 0.15) is 16.3 Å². The Hall–Kier alpha value is -1.73. The molecule has 0 atom stereocenters. The predicted octanol–water partition coefficient (Wildman–Crippen LogP) is 4.07. The number of amides is 1. The topological polar surface area (TPSA) is 59.5 Å². The van der Waals surface area contributed by atoms with Crippen LogP contribution >= 0.6 is 22.7 Å². The molecule has 0 saturated heterocycles. The van der Waals surface area contributed by atoms with Gasteiger partial charge in [-0.3, -0.25) is 9.59 Å². The van der Waals surface area contributed by atoms with Crippen LogP contribution < -0.4 is 0 Å². The van der Waals surface area contributed by atoms with E-state index in [0.29, 0.717) is 25.1 Å². The van der Waals surface area contributed by atoms with Gasteiger partial charge in [-0.05, 0) is 38.6 Å². The van der Waals surface area contributed by atoms with Crippen LogP contribution in [-0.4, -0.2) is 41.0 Å². The third-order valence-corrected chi connectivity index (χ3v) is 4.98. The molecule has 0 fully saturated rings. The molecule has 2 aromatic rings. The highest BCUT2D eigenvalue weighted by atomic mass is 32.1. The van der Waals surface area contributed by atoms with Crippen molar-refractivity contribution in [2.45, 2.75) is 39.2 Å². The Morgan fingerprint density at radius 2 is 2.04 bits per heavy atom. The minimum Gasteiger partial charge on any atom is -0.460 e. The molecule has 0 aliphatic carbocycles. The Labute approximate surface area is 150 Å². The largest absolute Gasteiger partial charge is 0.460 e. The lowest BCUT2D eigenvalue weighted by atomic mass is 10.2. The summed E-state index contributed by atoms with van der Waals surface area (Å²) < 4.78 is 5.26. The SMILES string of the molecule is CN(CCCC(=O)OC(C)(C)C)C(=O)c1csc(-c2cccs2)n1. The smallest absolute Gasteiger partial charge is 0.306 e. The Kier molecular flexibility index (Phi) is 6.12.